The molecule has 1 heterocycles. The fourth-order valence-electron chi connectivity index (χ4n) is 1.63. The quantitative estimate of drug-likeness (QED) is 0.792. The van der Waals surface area contributed by atoms with Gasteiger partial charge in [-0.05, 0) is 26.8 Å². The highest BCUT2D eigenvalue weighted by molar-refractivity contribution is 5.70. The van der Waals surface area contributed by atoms with Crippen molar-refractivity contribution in [2.45, 2.75) is 20.8 Å². The standard InChI is InChI=1S/C13H15N3/c1-8-5-4-6-11(7-8)12-13(14)16-10(3)9(2)15-12/h4-7H,1-3H3,(H2,14,16). The molecule has 0 saturated carbocycles. The van der Waals surface area contributed by atoms with Crippen LogP contribution in [-0.2, 0) is 0 Å². The van der Waals surface area contributed by atoms with Gasteiger partial charge in [0.15, 0.2) is 0 Å². The van der Waals surface area contributed by atoms with Gasteiger partial charge in [-0.25, -0.2) is 9.97 Å². The molecule has 0 bridgehead atoms. The Balaban J connectivity index is 2.60. The van der Waals surface area contributed by atoms with Crippen LogP contribution < -0.4 is 5.73 Å². The van der Waals surface area contributed by atoms with Crippen molar-refractivity contribution in [2.24, 2.45) is 0 Å². The van der Waals surface area contributed by atoms with E-state index in [1.807, 2.05) is 39.0 Å². The molecule has 0 saturated heterocycles. The maximum atomic E-state index is 5.90. The topological polar surface area (TPSA) is 51.8 Å². The number of rotatable bonds is 1. The molecule has 1 aromatic heterocycles. The number of nitrogens with zero attached hydrogens (tertiary/aromatic N) is 2. The van der Waals surface area contributed by atoms with Crippen molar-refractivity contribution in [2.75, 3.05) is 5.73 Å². The van der Waals surface area contributed by atoms with Gasteiger partial charge in [0.05, 0.1) is 11.4 Å². The third-order valence-electron chi connectivity index (χ3n) is 2.63. The van der Waals surface area contributed by atoms with E-state index in [2.05, 4.69) is 16.0 Å². The maximum Gasteiger partial charge on any atom is 0.150 e. The van der Waals surface area contributed by atoms with Crippen LogP contribution in [0, 0.1) is 20.8 Å². The molecule has 3 heteroatoms. The summed E-state index contributed by atoms with van der Waals surface area (Å²) in [4.78, 5) is 8.79. The third-order valence-corrected chi connectivity index (χ3v) is 2.63. The molecule has 0 aliphatic rings. The first-order chi connectivity index (χ1) is 7.58. The van der Waals surface area contributed by atoms with Gasteiger partial charge in [0.25, 0.3) is 0 Å². The van der Waals surface area contributed by atoms with Gasteiger partial charge in [-0.2, -0.15) is 0 Å². The predicted molar refractivity (Wildman–Crippen MR) is 66.1 cm³/mol. The van der Waals surface area contributed by atoms with E-state index in [1.165, 1.54) is 5.56 Å². The van der Waals surface area contributed by atoms with Gasteiger partial charge < -0.3 is 5.73 Å². The number of nitrogens with two attached hydrogens (primary N) is 1. The lowest BCUT2D eigenvalue weighted by atomic mass is 10.1. The summed E-state index contributed by atoms with van der Waals surface area (Å²) in [5.74, 6) is 0.494. The molecule has 3 nitrogen and oxygen atoms in total. The fourth-order valence-corrected chi connectivity index (χ4v) is 1.63. The first kappa shape index (κ1) is 10.6. The third kappa shape index (κ3) is 1.89. The summed E-state index contributed by atoms with van der Waals surface area (Å²) < 4.78 is 0. The minimum Gasteiger partial charge on any atom is -0.382 e. The van der Waals surface area contributed by atoms with E-state index in [1.54, 1.807) is 0 Å². The van der Waals surface area contributed by atoms with Crippen LogP contribution in [0.3, 0.4) is 0 Å². The molecule has 2 aromatic rings. The number of nitrogen functional groups attached to an aromatic ring is 1. The summed E-state index contributed by atoms with van der Waals surface area (Å²) in [7, 11) is 0. The second kappa shape index (κ2) is 3.93. The number of aromatic nitrogens is 2. The average molecular weight is 213 g/mol. The van der Waals surface area contributed by atoms with Gasteiger partial charge in [-0.1, -0.05) is 23.8 Å². The molecule has 0 aliphatic heterocycles. The normalized spacial score (nSPS) is 10.4. The summed E-state index contributed by atoms with van der Waals surface area (Å²) in [6.45, 7) is 5.91. The second-order valence-electron chi connectivity index (χ2n) is 4.00. The van der Waals surface area contributed by atoms with Crippen LogP contribution in [0.25, 0.3) is 11.3 Å². The minimum absolute atomic E-state index is 0.494. The van der Waals surface area contributed by atoms with Crippen LogP contribution in [0.2, 0.25) is 0 Å². The minimum atomic E-state index is 0.494. The summed E-state index contributed by atoms with van der Waals surface area (Å²) in [5.41, 5.74) is 10.7. The smallest absolute Gasteiger partial charge is 0.150 e. The number of aryl methyl sites for hydroxylation is 3. The van der Waals surface area contributed by atoms with Crippen LogP contribution in [0.5, 0.6) is 0 Å². The van der Waals surface area contributed by atoms with E-state index in [9.17, 15) is 0 Å². The van der Waals surface area contributed by atoms with Gasteiger partial charge in [0.1, 0.15) is 11.5 Å². The lowest BCUT2D eigenvalue weighted by Crippen LogP contribution is -2.02. The Morgan fingerprint density at radius 1 is 1.00 bits per heavy atom. The Labute approximate surface area is 95.4 Å². The molecule has 1 aromatic carbocycles. The molecular weight excluding hydrogens is 198 g/mol. The molecule has 0 fully saturated rings. The molecule has 2 N–H and O–H groups in total. The molecule has 0 unspecified atom stereocenters. The first-order valence-electron chi connectivity index (χ1n) is 5.25. The fraction of sp³-hybridized carbons (Fsp3) is 0.231. The Kier molecular flexibility index (Phi) is 2.60. The highest BCUT2D eigenvalue weighted by atomic mass is 14.9. The predicted octanol–water partition coefficient (Wildman–Crippen LogP) is 2.65. The van der Waals surface area contributed by atoms with E-state index < -0.39 is 0 Å². The zero-order chi connectivity index (χ0) is 11.7. The van der Waals surface area contributed by atoms with Gasteiger partial charge in [-0.15, -0.1) is 0 Å². The zero-order valence-electron chi connectivity index (χ0n) is 9.78. The van der Waals surface area contributed by atoms with E-state index in [-0.39, 0.29) is 0 Å². The maximum absolute atomic E-state index is 5.90. The molecule has 16 heavy (non-hydrogen) atoms. The van der Waals surface area contributed by atoms with Gasteiger partial charge in [0, 0.05) is 5.56 Å². The lowest BCUT2D eigenvalue weighted by molar-refractivity contribution is 1.06. The van der Waals surface area contributed by atoms with Crippen LogP contribution in [0.4, 0.5) is 5.82 Å². The lowest BCUT2D eigenvalue weighted by Gasteiger charge is -2.08. The zero-order valence-corrected chi connectivity index (χ0v) is 9.78. The average Bonchev–Trinajstić information content (AvgIpc) is 2.23. The van der Waals surface area contributed by atoms with E-state index in [0.717, 1.165) is 22.6 Å². The molecule has 0 spiro atoms. The van der Waals surface area contributed by atoms with Crippen molar-refractivity contribution >= 4 is 5.82 Å². The van der Waals surface area contributed by atoms with Gasteiger partial charge >= 0.3 is 0 Å². The SMILES string of the molecule is Cc1cccc(-c2nc(C)c(C)nc2N)c1. The monoisotopic (exact) mass is 213 g/mol. The van der Waals surface area contributed by atoms with Crippen molar-refractivity contribution in [3.05, 3.63) is 41.2 Å². The molecule has 2 rings (SSSR count). The highest BCUT2D eigenvalue weighted by Gasteiger charge is 2.08. The van der Waals surface area contributed by atoms with Crippen LogP contribution in [0.1, 0.15) is 17.0 Å². The van der Waals surface area contributed by atoms with Crippen LogP contribution in [0.15, 0.2) is 24.3 Å². The number of anilines is 1. The van der Waals surface area contributed by atoms with Crippen molar-refractivity contribution in [3.63, 3.8) is 0 Å². The molecule has 0 amide bonds. The summed E-state index contributed by atoms with van der Waals surface area (Å²) >= 11 is 0. The number of hydrogen-bond acceptors (Lipinski definition) is 3. The van der Waals surface area contributed by atoms with Gasteiger partial charge in [0.2, 0.25) is 0 Å². The second-order valence-corrected chi connectivity index (χ2v) is 4.00. The first-order valence-corrected chi connectivity index (χ1v) is 5.25. The molecular formula is C13H15N3. The molecule has 0 radical (unpaired) electrons. The van der Waals surface area contributed by atoms with E-state index >= 15 is 0 Å². The van der Waals surface area contributed by atoms with Crippen molar-refractivity contribution in [1.29, 1.82) is 0 Å². The highest BCUT2D eigenvalue weighted by Crippen LogP contribution is 2.23. The van der Waals surface area contributed by atoms with E-state index in [0.29, 0.717) is 5.82 Å². The Bertz CT molecular complexity index is 533. The Morgan fingerprint density at radius 3 is 2.38 bits per heavy atom. The summed E-state index contributed by atoms with van der Waals surface area (Å²) in [5, 5.41) is 0. The molecule has 0 atom stereocenters. The van der Waals surface area contributed by atoms with Crippen molar-refractivity contribution < 1.29 is 0 Å². The number of hydrogen-bond donors (Lipinski definition) is 1. The van der Waals surface area contributed by atoms with Gasteiger partial charge in [-0.3, -0.25) is 0 Å². The van der Waals surface area contributed by atoms with Crippen molar-refractivity contribution in [1.82, 2.24) is 9.97 Å². The van der Waals surface area contributed by atoms with E-state index in [4.69, 9.17) is 5.73 Å². The Hall–Kier alpha value is -1.90. The summed E-state index contributed by atoms with van der Waals surface area (Å²) in [6.07, 6.45) is 0. The largest absolute Gasteiger partial charge is 0.382 e. The summed E-state index contributed by atoms with van der Waals surface area (Å²) in [6, 6.07) is 8.12. The molecule has 0 aliphatic carbocycles. The number of benzene rings is 1. The Morgan fingerprint density at radius 2 is 1.69 bits per heavy atom. The molecule has 82 valence electrons. The van der Waals surface area contributed by atoms with Crippen LogP contribution >= 0.6 is 0 Å². The van der Waals surface area contributed by atoms with Crippen molar-refractivity contribution in [3.8, 4) is 11.3 Å². The van der Waals surface area contributed by atoms with Crippen LogP contribution in [-0.4, -0.2) is 9.97 Å².